The van der Waals surface area contributed by atoms with Crippen LogP contribution in [0.15, 0.2) is 23.0 Å². The van der Waals surface area contributed by atoms with E-state index in [0.717, 1.165) is 46.3 Å². The molecule has 0 fully saturated rings. The Kier molecular flexibility index (Phi) is 5.06. The van der Waals surface area contributed by atoms with Crippen LogP contribution >= 0.6 is 23.1 Å². The van der Waals surface area contributed by atoms with E-state index in [9.17, 15) is 9.59 Å². The Morgan fingerprint density at radius 2 is 2.19 bits per heavy atom. The second-order valence-electron chi connectivity index (χ2n) is 6.84. The maximum atomic E-state index is 12.5. The third-order valence-corrected chi connectivity index (χ3v) is 7.10. The number of carbonyl (C=O) groups is 1. The molecule has 5 nitrogen and oxygen atoms in total. The number of carbonyl (C=O) groups excluding carboxylic acids is 1. The number of aromatic nitrogens is 2. The van der Waals surface area contributed by atoms with Crippen molar-refractivity contribution >= 4 is 44.9 Å². The number of H-pyrrole nitrogens is 1. The molecule has 1 aliphatic rings. The van der Waals surface area contributed by atoms with E-state index in [1.807, 2.05) is 32.0 Å². The van der Waals surface area contributed by atoms with Crippen LogP contribution in [0.4, 0.5) is 5.69 Å². The smallest absolute Gasteiger partial charge is 0.259 e. The summed E-state index contributed by atoms with van der Waals surface area (Å²) in [4.78, 5) is 34.3. The molecule has 1 aliphatic carbocycles. The quantitative estimate of drug-likeness (QED) is 0.681. The van der Waals surface area contributed by atoms with Gasteiger partial charge in [0.15, 0.2) is 0 Å². The van der Waals surface area contributed by atoms with Crippen molar-refractivity contribution in [2.24, 2.45) is 0 Å². The first kappa shape index (κ1) is 18.3. The first-order valence-electron chi connectivity index (χ1n) is 9.00. The molecule has 0 radical (unpaired) electrons. The molecule has 2 aromatic heterocycles. The van der Waals surface area contributed by atoms with Gasteiger partial charge in [-0.1, -0.05) is 12.1 Å². The molecule has 140 valence electrons. The van der Waals surface area contributed by atoms with Gasteiger partial charge in [-0.25, -0.2) is 4.98 Å². The molecule has 0 bridgehead atoms. The first-order chi connectivity index (χ1) is 13.0. The van der Waals surface area contributed by atoms with E-state index < -0.39 is 0 Å². The summed E-state index contributed by atoms with van der Waals surface area (Å²) in [6.45, 7) is 4.03. The third-order valence-electron chi connectivity index (χ3n) is 4.97. The minimum Gasteiger partial charge on any atom is -0.325 e. The Bertz CT molecular complexity index is 1080. The van der Waals surface area contributed by atoms with Crippen molar-refractivity contribution in [1.82, 2.24) is 9.97 Å². The van der Waals surface area contributed by atoms with Crippen molar-refractivity contribution in [2.75, 3.05) is 11.1 Å². The lowest BCUT2D eigenvalue weighted by atomic mass is 10.1. The van der Waals surface area contributed by atoms with Crippen LogP contribution in [-0.2, 0) is 23.4 Å². The molecule has 27 heavy (non-hydrogen) atoms. The Morgan fingerprint density at radius 3 is 3.04 bits per heavy atom. The molecule has 3 aromatic rings. The molecular formula is C20H21N3O2S2. The highest BCUT2D eigenvalue weighted by atomic mass is 32.2. The van der Waals surface area contributed by atoms with E-state index in [2.05, 4.69) is 15.3 Å². The molecular weight excluding hydrogens is 378 g/mol. The lowest BCUT2D eigenvalue weighted by molar-refractivity contribution is -0.113. The zero-order valence-electron chi connectivity index (χ0n) is 15.3. The summed E-state index contributed by atoms with van der Waals surface area (Å²) in [5.41, 5.74) is 4.23. The zero-order valence-corrected chi connectivity index (χ0v) is 17.0. The van der Waals surface area contributed by atoms with E-state index in [0.29, 0.717) is 17.3 Å². The highest BCUT2D eigenvalue weighted by molar-refractivity contribution is 7.99. The molecule has 0 spiro atoms. The second kappa shape index (κ2) is 7.48. The minimum atomic E-state index is -0.0489. The summed E-state index contributed by atoms with van der Waals surface area (Å²) in [5, 5.41) is 3.73. The molecule has 1 aromatic carbocycles. The van der Waals surface area contributed by atoms with Crippen LogP contribution in [0.2, 0.25) is 0 Å². The van der Waals surface area contributed by atoms with E-state index in [1.54, 1.807) is 11.3 Å². The van der Waals surface area contributed by atoms with Crippen LogP contribution < -0.4 is 10.9 Å². The van der Waals surface area contributed by atoms with Gasteiger partial charge in [-0.05, 0) is 55.9 Å². The number of aryl methyl sites for hydroxylation is 3. The molecule has 0 unspecified atom stereocenters. The van der Waals surface area contributed by atoms with Gasteiger partial charge in [0.05, 0.1) is 16.9 Å². The molecule has 4 rings (SSSR count). The molecule has 0 saturated carbocycles. The van der Waals surface area contributed by atoms with Gasteiger partial charge in [0.25, 0.3) is 5.56 Å². The van der Waals surface area contributed by atoms with Gasteiger partial charge in [0.2, 0.25) is 5.91 Å². The minimum absolute atomic E-state index is 0.0464. The zero-order chi connectivity index (χ0) is 19.0. The predicted octanol–water partition coefficient (Wildman–Crippen LogP) is 3.96. The number of nitrogens with zero attached hydrogens (tertiary/aromatic N) is 1. The maximum Gasteiger partial charge on any atom is 0.259 e. The van der Waals surface area contributed by atoms with Gasteiger partial charge in [0, 0.05) is 10.6 Å². The van der Waals surface area contributed by atoms with Gasteiger partial charge in [-0.15, -0.1) is 23.1 Å². The molecule has 1 amide bonds. The lowest BCUT2D eigenvalue weighted by Gasteiger charge is -2.10. The Morgan fingerprint density at radius 1 is 1.33 bits per heavy atom. The molecule has 7 heteroatoms. The number of thiophene rings is 1. The van der Waals surface area contributed by atoms with E-state index in [1.165, 1.54) is 22.2 Å². The van der Waals surface area contributed by atoms with Gasteiger partial charge < -0.3 is 10.3 Å². The second-order valence-corrected chi connectivity index (χ2v) is 8.91. The van der Waals surface area contributed by atoms with Gasteiger partial charge >= 0.3 is 0 Å². The van der Waals surface area contributed by atoms with Crippen LogP contribution in [0.1, 0.15) is 33.8 Å². The predicted molar refractivity (Wildman–Crippen MR) is 113 cm³/mol. The van der Waals surface area contributed by atoms with Crippen LogP contribution in [0.25, 0.3) is 10.2 Å². The van der Waals surface area contributed by atoms with Crippen molar-refractivity contribution in [1.29, 1.82) is 0 Å². The normalized spacial score (nSPS) is 13.1. The lowest BCUT2D eigenvalue weighted by Crippen LogP contribution is -2.16. The Hall–Kier alpha value is -2.12. The standard InChI is InChI=1S/C20H21N3O2S2/c1-11-5-3-7-14(12(11)2)21-17(24)10-26-9-16-22-19(25)18-13-6-4-8-15(13)27-20(18)23-16/h3,5,7H,4,6,8-10H2,1-2H3,(H,21,24)(H,22,23,25). The number of hydrogen-bond donors (Lipinski definition) is 2. The van der Waals surface area contributed by atoms with Crippen molar-refractivity contribution in [3.8, 4) is 0 Å². The van der Waals surface area contributed by atoms with Crippen LogP contribution in [0.5, 0.6) is 0 Å². The number of anilines is 1. The molecule has 2 heterocycles. The number of hydrogen-bond acceptors (Lipinski definition) is 5. The molecule has 0 aliphatic heterocycles. The average Bonchev–Trinajstić information content (AvgIpc) is 3.19. The van der Waals surface area contributed by atoms with E-state index in [-0.39, 0.29) is 11.5 Å². The first-order valence-corrected chi connectivity index (χ1v) is 11.0. The van der Waals surface area contributed by atoms with Crippen molar-refractivity contribution in [2.45, 2.75) is 38.9 Å². The maximum absolute atomic E-state index is 12.5. The number of benzene rings is 1. The third kappa shape index (κ3) is 3.66. The largest absolute Gasteiger partial charge is 0.325 e. The fourth-order valence-electron chi connectivity index (χ4n) is 3.43. The number of fused-ring (bicyclic) bond motifs is 3. The van der Waals surface area contributed by atoms with Gasteiger partial charge in [0.1, 0.15) is 10.7 Å². The van der Waals surface area contributed by atoms with E-state index in [4.69, 9.17) is 0 Å². The van der Waals surface area contributed by atoms with Crippen LogP contribution in [0, 0.1) is 13.8 Å². The topological polar surface area (TPSA) is 74.8 Å². The fourth-order valence-corrected chi connectivity index (χ4v) is 5.40. The van der Waals surface area contributed by atoms with Crippen molar-refractivity contribution < 1.29 is 4.79 Å². The Labute approximate surface area is 165 Å². The van der Waals surface area contributed by atoms with Crippen LogP contribution in [0.3, 0.4) is 0 Å². The summed E-state index contributed by atoms with van der Waals surface area (Å²) in [7, 11) is 0. The number of amides is 1. The molecule has 2 N–H and O–H groups in total. The number of thioether (sulfide) groups is 1. The number of nitrogens with one attached hydrogen (secondary N) is 2. The fraction of sp³-hybridized carbons (Fsp3) is 0.350. The average molecular weight is 400 g/mol. The summed E-state index contributed by atoms with van der Waals surface area (Å²) in [6.07, 6.45) is 3.16. The summed E-state index contributed by atoms with van der Waals surface area (Å²) in [6, 6.07) is 5.87. The highest BCUT2D eigenvalue weighted by Crippen LogP contribution is 2.34. The Balaban J connectivity index is 1.40. The number of rotatable bonds is 5. The highest BCUT2D eigenvalue weighted by Gasteiger charge is 2.21. The van der Waals surface area contributed by atoms with E-state index >= 15 is 0 Å². The summed E-state index contributed by atoms with van der Waals surface area (Å²) >= 11 is 3.09. The molecule has 0 saturated heterocycles. The summed E-state index contributed by atoms with van der Waals surface area (Å²) in [5.74, 6) is 1.41. The van der Waals surface area contributed by atoms with Crippen molar-refractivity contribution in [3.63, 3.8) is 0 Å². The number of aromatic amines is 1. The SMILES string of the molecule is Cc1cccc(NC(=O)CSCc2nc3sc4c(c3c(=O)[nH]2)CCC4)c1C. The molecule has 0 atom stereocenters. The summed E-state index contributed by atoms with van der Waals surface area (Å²) < 4.78 is 0. The van der Waals surface area contributed by atoms with Crippen molar-refractivity contribution in [3.05, 3.63) is 55.9 Å². The van der Waals surface area contributed by atoms with Gasteiger partial charge in [-0.3, -0.25) is 9.59 Å². The monoisotopic (exact) mass is 399 g/mol. The van der Waals surface area contributed by atoms with Gasteiger partial charge in [-0.2, -0.15) is 0 Å². The van der Waals surface area contributed by atoms with Crippen LogP contribution in [-0.4, -0.2) is 21.6 Å².